The van der Waals surface area contributed by atoms with E-state index in [1.165, 1.54) is 11.0 Å². The molecule has 1 aliphatic rings. The molecule has 10 heteroatoms. The molecule has 7 nitrogen and oxygen atoms in total. The minimum Gasteiger partial charge on any atom is -0.352 e. The lowest BCUT2D eigenvalue weighted by Gasteiger charge is -2.31. The maximum Gasteiger partial charge on any atom is 0.242 e. The highest BCUT2D eigenvalue weighted by Gasteiger charge is 2.28. The van der Waals surface area contributed by atoms with Crippen LogP contribution in [0.3, 0.4) is 0 Å². The Balaban J connectivity index is 1.72. The lowest BCUT2D eigenvalue weighted by Crippen LogP contribution is -2.50. The molecule has 0 bridgehead atoms. The second kappa shape index (κ2) is 13.2. The van der Waals surface area contributed by atoms with E-state index >= 15 is 0 Å². The van der Waals surface area contributed by atoms with Gasteiger partial charge >= 0.3 is 0 Å². The highest BCUT2D eigenvalue weighted by Crippen LogP contribution is 2.22. The van der Waals surface area contributed by atoms with Crippen molar-refractivity contribution in [1.82, 2.24) is 10.2 Å². The van der Waals surface area contributed by atoms with Gasteiger partial charge in [-0.1, -0.05) is 49.1 Å². The van der Waals surface area contributed by atoms with Crippen LogP contribution in [-0.4, -0.2) is 50.0 Å². The van der Waals surface area contributed by atoms with Crippen molar-refractivity contribution >= 4 is 27.5 Å². The van der Waals surface area contributed by atoms with Gasteiger partial charge < -0.3 is 10.2 Å². The molecule has 2 aromatic rings. The number of aryl methyl sites for hydroxylation is 1. The van der Waals surface area contributed by atoms with Crippen LogP contribution in [-0.2, 0) is 26.2 Å². The number of halogens is 2. The predicted octanol–water partition coefficient (Wildman–Crippen LogP) is 4.69. The summed E-state index contributed by atoms with van der Waals surface area (Å²) in [5.41, 5.74) is 1.93. The van der Waals surface area contributed by atoms with Crippen LogP contribution in [0.5, 0.6) is 0 Å². The second-order valence-electron chi connectivity index (χ2n) is 10.1. The molecule has 1 fully saturated rings. The van der Waals surface area contributed by atoms with Gasteiger partial charge in [0.25, 0.3) is 0 Å². The number of hydrogen-bond donors (Lipinski definition) is 1. The van der Waals surface area contributed by atoms with Crippen LogP contribution >= 0.6 is 0 Å². The summed E-state index contributed by atoms with van der Waals surface area (Å²) in [6, 6.07) is 9.96. The maximum absolute atomic E-state index is 13.8. The van der Waals surface area contributed by atoms with E-state index in [0.717, 1.165) is 65.9 Å². The molecule has 0 heterocycles. The van der Waals surface area contributed by atoms with Gasteiger partial charge in [0.15, 0.2) is 11.6 Å². The number of sulfonamides is 1. The van der Waals surface area contributed by atoms with Gasteiger partial charge in [0, 0.05) is 31.6 Å². The first kappa shape index (κ1) is 29.5. The molecular formula is C28H37F2N3O4S. The third-order valence-electron chi connectivity index (χ3n) is 6.94. The van der Waals surface area contributed by atoms with Crippen molar-refractivity contribution in [3.05, 3.63) is 65.2 Å². The smallest absolute Gasteiger partial charge is 0.242 e. The van der Waals surface area contributed by atoms with Crippen LogP contribution in [0, 0.1) is 18.6 Å². The summed E-state index contributed by atoms with van der Waals surface area (Å²) in [5.74, 6) is -2.74. The first-order valence-corrected chi connectivity index (χ1v) is 14.9. The van der Waals surface area contributed by atoms with E-state index in [4.69, 9.17) is 0 Å². The summed E-state index contributed by atoms with van der Waals surface area (Å²) in [4.78, 5) is 28.0. The molecule has 2 amide bonds. The van der Waals surface area contributed by atoms with Crippen LogP contribution in [0.1, 0.15) is 63.0 Å². The highest BCUT2D eigenvalue weighted by molar-refractivity contribution is 7.92. The van der Waals surface area contributed by atoms with Gasteiger partial charge in [0.1, 0.15) is 6.04 Å². The number of hydrogen-bond acceptors (Lipinski definition) is 4. The molecule has 3 rings (SSSR count). The molecule has 0 aromatic heterocycles. The van der Waals surface area contributed by atoms with E-state index in [-0.39, 0.29) is 49.5 Å². The van der Waals surface area contributed by atoms with Crippen molar-refractivity contribution in [1.29, 1.82) is 0 Å². The monoisotopic (exact) mass is 549 g/mol. The molecule has 0 radical (unpaired) electrons. The van der Waals surface area contributed by atoms with Gasteiger partial charge in [-0.2, -0.15) is 0 Å². The molecule has 1 saturated carbocycles. The fourth-order valence-electron chi connectivity index (χ4n) is 4.69. The molecule has 208 valence electrons. The fourth-order valence-corrected chi connectivity index (χ4v) is 5.64. The number of carbonyl (C=O) groups excluding carboxylic acids is 2. The summed E-state index contributed by atoms with van der Waals surface area (Å²) in [5, 5.41) is 3.09. The number of rotatable bonds is 11. The van der Waals surface area contributed by atoms with Crippen molar-refractivity contribution in [3.63, 3.8) is 0 Å². The SMILES string of the molecule is Cc1ccc(CN(C(=O)CCCN(c2ccc(F)c(F)c2)S(C)(=O)=O)[C@@H](C)C(=O)NC2CCCCC2)cc1. The Morgan fingerprint density at radius 1 is 1.03 bits per heavy atom. The van der Waals surface area contributed by atoms with Gasteiger partial charge in [-0.25, -0.2) is 17.2 Å². The standard InChI is InChI=1S/C28H37F2N3O4S/c1-20-11-13-22(14-12-20)19-32(21(2)28(35)31-23-8-5-4-6-9-23)27(34)10-7-17-33(38(3,36)37)24-15-16-25(29)26(30)18-24/h11-16,18,21,23H,4-10,17,19H2,1-3H3,(H,31,35)/t21-/m0/s1. The molecule has 0 spiro atoms. The Labute approximate surface area is 224 Å². The second-order valence-corrected chi connectivity index (χ2v) is 12.0. The topological polar surface area (TPSA) is 86.8 Å². The fraction of sp³-hybridized carbons (Fsp3) is 0.500. The zero-order valence-electron chi connectivity index (χ0n) is 22.3. The zero-order valence-corrected chi connectivity index (χ0v) is 23.1. The largest absolute Gasteiger partial charge is 0.352 e. The summed E-state index contributed by atoms with van der Waals surface area (Å²) in [6.07, 6.45) is 6.23. The third kappa shape index (κ3) is 8.24. The Bertz CT molecular complexity index is 1220. The number of amides is 2. The van der Waals surface area contributed by atoms with E-state index < -0.39 is 27.7 Å². The van der Waals surface area contributed by atoms with Gasteiger partial charge in [-0.3, -0.25) is 13.9 Å². The van der Waals surface area contributed by atoms with Crippen molar-refractivity contribution in [2.24, 2.45) is 0 Å². The Morgan fingerprint density at radius 2 is 1.68 bits per heavy atom. The quantitative estimate of drug-likeness (QED) is 0.441. The van der Waals surface area contributed by atoms with E-state index in [0.29, 0.717) is 0 Å². The van der Waals surface area contributed by atoms with Crippen LogP contribution in [0.2, 0.25) is 0 Å². The number of benzene rings is 2. The molecule has 0 saturated heterocycles. The molecule has 1 aliphatic carbocycles. The van der Waals surface area contributed by atoms with Crippen LogP contribution in [0.4, 0.5) is 14.5 Å². The molecule has 0 unspecified atom stereocenters. The highest BCUT2D eigenvalue weighted by atomic mass is 32.2. The van der Waals surface area contributed by atoms with Crippen LogP contribution in [0.15, 0.2) is 42.5 Å². The molecule has 2 aromatic carbocycles. The first-order chi connectivity index (χ1) is 18.0. The summed E-state index contributed by atoms with van der Waals surface area (Å²) >= 11 is 0. The van der Waals surface area contributed by atoms with Gasteiger partial charge in [-0.05, 0) is 50.8 Å². The van der Waals surface area contributed by atoms with Gasteiger partial charge in [-0.15, -0.1) is 0 Å². The van der Waals surface area contributed by atoms with E-state index in [1.54, 1.807) is 6.92 Å². The normalized spacial score (nSPS) is 15.1. The number of carbonyl (C=O) groups is 2. The minimum atomic E-state index is -3.81. The molecule has 1 N–H and O–H groups in total. The number of nitrogens with zero attached hydrogens (tertiary/aromatic N) is 2. The van der Waals surface area contributed by atoms with Crippen molar-refractivity contribution < 1.29 is 26.8 Å². The number of nitrogens with one attached hydrogen (secondary N) is 1. The van der Waals surface area contributed by atoms with Gasteiger partial charge in [0.05, 0.1) is 11.9 Å². The lowest BCUT2D eigenvalue weighted by molar-refractivity contribution is -0.141. The maximum atomic E-state index is 13.8. The lowest BCUT2D eigenvalue weighted by atomic mass is 9.95. The Kier molecular flexibility index (Phi) is 10.2. The Morgan fingerprint density at radius 3 is 2.29 bits per heavy atom. The van der Waals surface area contributed by atoms with Crippen molar-refractivity contribution in [2.75, 3.05) is 17.1 Å². The average Bonchev–Trinajstić information content (AvgIpc) is 2.87. The van der Waals surface area contributed by atoms with E-state index in [2.05, 4.69) is 5.32 Å². The Hall–Kier alpha value is -3.01. The van der Waals surface area contributed by atoms with Gasteiger partial charge in [0.2, 0.25) is 21.8 Å². The van der Waals surface area contributed by atoms with E-state index in [9.17, 15) is 26.8 Å². The summed E-state index contributed by atoms with van der Waals surface area (Å²) in [6.45, 7) is 3.80. The molecule has 1 atom stereocenters. The molecule has 38 heavy (non-hydrogen) atoms. The molecule has 0 aliphatic heterocycles. The predicted molar refractivity (Wildman–Crippen MR) is 144 cm³/mol. The zero-order chi connectivity index (χ0) is 27.9. The summed E-state index contributed by atoms with van der Waals surface area (Å²) < 4.78 is 52.8. The number of anilines is 1. The van der Waals surface area contributed by atoms with Crippen LogP contribution in [0.25, 0.3) is 0 Å². The minimum absolute atomic E-state index is 0.0180. The average molecular weight is 550 g/mol. The van der Waals surface area contributed by atoms with Crippen molar-refractivity contribution in [3.8, 4) is 0 Å². The van der Waals surface area contributed by atoms with Crippen LogP contribution < -0.4 is 9.62 Å². The third-order valence-corrected chi connectivity index (χ3v) is 8.13. The summed E-state index contributed by atoms with van der Waals surface area (Å²) in [7, 11) is -3.81. The first-order valence-electron chi connectivity index (χ1n) is 13.0. The van der Waals surface area contributed by atoms with Crippen molar-refractivity contribution in [2.45, 2.75) is 77.4 Å². The van der Waals surface area contributed by atoms with E-state index in [1.807, 2.05) is 31.2 Å². The molecular weight excluding hydrogens is 512 g/mol.